The lowest BCUT2D eigenvalue weighted by molar-refractivity contribution is 0.0752. The van der Waals surface area contributed by atoms with Gasteiger partial charge < -0.3 is 10.6 Å². The van der Waals surface area contributed by atoms with Gasteiger partial charge in [-0.3, -0.25) is 9.78 Å². The first-order chi connectivity index (χ1) is 9.61. The molecule has 0 spiro atoms. The van der Waals surface area contributed by atoms with E-state index >= 15 is 0 Å². The van der Waals surface area contributed by atoms with Gasteiger partial charge in [-0.25, -0.2) is 0 Å². The topological polar surface area (TPSA) is 59.2 Å². The van der Waals surface area contributed by atoms with Gasteiger partial charge in [0.1, 0.15) is 0 Å². The Kier molecular flexibility index (Phi) is 4.58. The average molecular weight is 290 g/mol. The molecule has 0 saturated carbocycles. The standard InChI is InChI=1S/C15H16ClN3O/c1-2-19(10-11-3-5-12(17)6-4-11)15(20)13-7-8-18-9-14(13)16/h3-9H,2,10,17H2,1H3. The second-order valence-corrected chi connectivity index (χ2v) is 4.82. The van der Waals surface area contributed by atoms with Crippen LogP contribution in [-0.4, -0.2) is 22.3 Å². The number of amides is 1. The SMILES string of the molecule is CCN(Cc1ccc(N)cc1)C(=O)c1ccncc1Cl. The summed E-state index contributed by atoms with van der Waals surface area (Å²) in [5, 5.41) is 0.369. The molecule has 1 amide bonds. The maximum absolute atomic E-state index is 12.5. The molecule has 1 aromatic heterocycles. The van der Waals surface area contributed by atoms with Gasteiger partial charge in [0.25, 0.3) is 5.91 Å². The molecule has 0 radical (unpaired) electrons. The molecule has 0 fully saturated rings. The van der Waals surface area contributed by atoms with E-state index in [2.05, 4.69) is 4.98 Å². The fourth-order valence-electron chi connectivity index (χ4n) is 1.89. The second kappa shape index (κ2) is 6.39. The van der Waals surface area contributed by atoms with Crippen molar-refractivity contribution in [1.29, 1.82) is 0 Å². The highest BCUT2D eigenvalue weighted by molar-refractivity contribution is 6.33. The Balaban J connectivity index is 2.18. The fraction of sp³-hybridized carbons (Fsp3) is 0.200. The minimum atomic E-state index is -0.100. The van der Waals surface area contributed by atoms with Crippen LogP contribution in [0.2, 0.25) is 5.02 Å². The van der Waals surface area contributed by atoms with Crippen molar-refractivity contribution < 1.29 is 4.79 Å². The molecule has 0 aliphatic carbocycles. The Hall–Kier alpha value is -2.07. The first-order valence-corrected chi connectivity index (χ1v) is 6.72. The van der Waals surface area contributed by atoms with Crippen LogP contribution in [0.5, 0.6) is 0 Å². The van der Waals surface area contributed by atoms with E-state index in [1.54, 1.807) is 17.2 Å². The molecule has 2 aromatic rings. The molecule has 104 valence electrons. The molecule has 1 aromatic carbocycles. The van der Waals surface area contributed by atoms with Crippen LogP contribution in [0.15, 0.2) is 42.7 Å². The van der Waals surface area contributed by atoms with Gasteiger partial charge in [-0.1, -0.05) is 23.7 Å². The molecule has 2 rings (SSSR count). The number of nitrogens with zero attached hydrogens (tertiary/aromatic N) is 2. The summed E-state index contributed by atoms with van der Waals surface area (Å²) in [4.78, 5) is 18.1. The van der Waals surface area contributed by atoms with Gasteiger partial charge >= 0.3 is 0 Å². The molecule has 4 nitrogen and oxygen atoms in total. The Morgan fingerprint density at radius 1 is 1.30 bits per heavy atom. The van der Waals surface area contributed by atoms with E-state index in [4.69, 9.17) is 17.3 Å². The third kappa shape index (κ3) is 3.27. The molecule has 0 aliphatic rings. The first kappa shape index (κ1) is 14.3. The largest absolute Gasteiger partial charge is 0.399 e. The summed E-state index contributed by atoms with van der Waals surface area (Å²) < 4.78 is 0. The number of carbonyl (C=O) groups excluding carboxylic acids is 1. The Bertz CT molecular complexity index is 598. The number of benzene rings is 1. The van der Waals surface area contributed by atoms with Crippen molar-refractivity contribution in [3.8, 4) is 0 Å². The highest BCUT2D eigenvalue weighted by Gasteiger charge is 2.17. The van der Waals surface area contributed by atoms with Gasteiger partial charge in [0, 0.05) is 31.2 Å². The summed E-state index contributed by atoms with van der Waals surface area (Å²) in [7, 11) is 0. The van der Waals surface area contributed by atoms with E-state index in [1.165, 1.54) is 6.20 Å². The number of nitrogen functional groups attached to an aromatic ring is 1. The van der Waals surface area contributed by atoms with Crippen molar-refractivity contribution in [3.63, 3.8) is 0 Å². The number of pyridine rings is 1. The van der Waals surface area contributed by atoms with Gasteiger partial charge in [-0.05, 0) is 30.7 Å². The molecule has 1 heterocycles. The van der Waals surface area contributed by atoms with Gasteiger partial charge in [0.05, 0.1) is 10.6 Å². The summed E-state index contributed by atoms with van der Waals surface area (Å²) in [5.74, 6) is -0.100. The fourth-order valence-corrected chi connectivity index (χ4v) is 2.09. The Morgan fingerprint density at radius 3 is 2.60 bits per heavy atom. The number of carbonyl (C=O) groups is 1. The first-order valence-electron chi connectivity index (χ1n) is 6.35. The summed E-state index contributed by atoms with van der Waals surface area (Å²) >= 11 is 6.02. The molecule has 0 aliphatic heterocycles. The number of anilines is 1. The number of nitrogens with two attached hydrogens (primary N) is 1. The zero-order valence-electron chi connectivity index (χ0n) is 11.2. The molecule has 0 atom stereocenters. The minimum Gasteiger partial charge on any atom is -0.399 e. The molecule has 0 unspecified atom stereocenters. The second-order valence-electron chi connectivity index (χ2n) is 4.42. The highest BCUT2D eigenvalue weighted by Crippen LogP contribution is 2.17. The van der Waals surface area contributed by atoms with Crippen LogP contribution in [-0.2, 0) is 6.54 Å². The lowest BCUT2D eigenvalue weighted by atomic mass is 10.1. The zero-order chi connectivity index (χ0) is 14.5. The molecule has 0 bridgehead atoms. The number of hydrogen-bond acceptors (Lipinski definition) is 3. The van der Waals surface area contributed by atoms with Crippen molar-refractivity contribution >= 4 is 23.2 Å². The van der Waals surface area contributed by atoms with Crippen LogP contribution >= 0.6 is 11.6 Å². The van der Waals surface area contributed by atoms with Crippen LogP contribution in [0.4, 0.5) is 5.69 Å². The number of halogens is 1. The van der Waals surface area contributed by atoms with Crippen LogP contribution in [0, 0.1) is 0 Å². The third-order valence-corrected chi connectivity index (χ3v) is 3.33. The van der Waals surface area contributed by atoms with Gasteiger partial charge in [0.2, 0.25) is 0 Å². The molecule has 2 N–H and O–H groups in total. The molecule has 20 heavy (non-hydrogen) atoms. The number of hydrogen-bond donors (Lipinski definition) is 1. The van der Waals surface area contributed by atoms with E-state index < -0.39 is 0 Å². The van der Waals surface area contributed by atoms with Gasteiger partial charge in [0.15, 0.2) is 0 Å². The third-order valence-electron chi connectivity index (χ3n) is 3.02. The van der Waals surface area contributed by atoms with Crippen molar-refractivity contribution in [2.45, 2.75) is 13.5 Å². The molecular formula is C15H16ClN3O. The van der Waals surface area contributed by atoms with Gasteiger partial charge in [-0.2, -0.15) is 0 Å². The monoisotopic (exact) mass is 289 g/mol. The minimum absolute atomic E-state index is 0.100. The van der Waals surface area contributed by atoms with E-state index in [-0.39, 0.29) is 5.91 Å². The van der Waals surface area contributed by atoms with Crippen LogP contribution < -0.4 is 5.73 Å². The predicted molar refractivity (Wildman–Crippen MR) is 80.5 cm³/mol. The Labute approximate surface area is 123 Å². The van der Waals surface area contributed by atoms with E-state index in [1.807, 2.05) is 31.2 Å². The lowest BCUT2D eigenvalue weighted by Gasteiger charge is -2.21. The van der Waals surface area contributed by atoms with E-state index in [9.17, 15) is 4.79 Å². The van der Waals surface area contributed by atoms with Crippen molar-refractivity contribution in [2.75, 3.05) is 12.3 Å². The summed E-state index contributed by atoms with van der Waals surface area (Å²) in [5.41, 5.74) is 7.86. The highest BCUT2D eigenvalue weighted by atomic mass is 35.5. The van der Waals surface area contributed by atoms with Crippen molar-refractivity contribution in [3.05, 3.63) is 58.9 Å². The quantitative estimate of drug-likeness (QED) is 0.880. The van der Waals surface area contributed by atoms with Crippen LogP contribution in [0.1, 0.15) is 22.8 Å². The van der Waals surface area contributed by atoms with Crippen LogP contribution in [0.25, 0.3) is 0 Å². The number of rotatable bonds is 4. The van der Waals surface area contributed by atoms with Crippen molar-refractivity contribution in [2.24, 2.45) is 0 Å². The maximum atomic E-state index is 12.5. The van der Waals surface area contributed by atoms with Gasteiger partial charge in [-0.15, -0.1) is 0 Å². The number of aromatic nitrogens is 1. The van der Waals surface area contributed by atoms with E-state index in [0.717, 1.165) is 5.56 Å². The predicted octanol–water partition coefficient (Wildman–Crippen LogP) is 2.98. The summed E-state index contributed by atoms with van der Waals surface area (Å²) in [6.07, 6.45) is 3.04. The zero-order valence-corrected chi connectivity index (χ0v) is 12.0. The maximum Gasteiger partial charge on any atom is 0.255 e. The normalized spacial score (nSPS) is 10.3. The summed E-state index contributed by atoms with van der Waals surface area (Å²) in [6, 6.07) is 9.12. The Morgan fingerprint density at radius 2 is 2.00 bits per heavy atom. The molecule has 5 heteroatoms. The summed E-state index contributed by atoms with van der Waals surface area (Å²) in [6.45, 7) is 3.06. The smallest absolute Gasteiger partial charge is 0.255 e. The average Bonchev–Trinajstić information content (AvgIpc) is 2.46. The molecular weight excluding hydrogens is 274 g/mol. The van der Waals surface area contributed by atoms with Crippen molar-refractivity contribution in [1.82, 2.24) is 9.88 Å². The van der Waals surface area contributed by atoms with Crippen LogP contribution in [0.3, 0.4) is 0 Å². The molecule has 0 saturated heterocycles. The van der Waals surface area contributed by atoms with E-state index in [0.29, 0.717) is 29.4 Å². The lowest BCUT2D eigenvalue weighted by Crippen LogP contribution is -2.30.